The molecule has 0 bridgehead atoms. The van der Waals surface area contributed by atoms with E-state index in [2.05, 4.69) is 17.4 Å². The van der Waals surface area contributed by atoms with Crippen molar-refractivity contribution >= 4 is 23.2 Å². The highest BCUT2D eigenvalue weighted by Crippen LogP contribution is 2.20. The number of halogens is 1. The first-order valence-electron chi connectivity index (χ1n) is 7.38. The number of amides is 1. The molecule has 4 nitrogen and oxygen atoms in total. The lowest BCUT2D eigenvalue weighted by molar-refractivity contribution is -0.907. The number of carbonyl (C=O) groups excluding carboxylic acids is 1. The molecule has 1 unspecified atom stereocenters. The third kappa shape index (κ3) is 4.56. The molecule has 23 heavy (non-hydrogen) atoms. The van der Waals surface area contributed by atoms with Gasteiger partial charge in [-0.15, -0.1) is 0 Å². The Bertz CT molecular complexity index is 725. The number of anilines is 1. The summed E-state index contributed by atoms with van der Waals surface area (Å²) >= 11 is 5.98. The van der Waals surface area contributed by atoms with Crippen LogP contribution in [0.2, 0.25) is 5.02 Å². The third-order valence-electron chi connectivity index (χ3n) is 3.82. The number of nitrogens with zero attached hydrogens (tertiary/aromatic N) is 1. The van der Waals surface area contributed by atoms with Crippen molar-refractivity contribution in [3.05, 3.63) is 64.7 Å². The van der Waals surface area contributed by atoms with Crippen LogP contribution in [0.5, 0.6) is 0 Å². The van der Waals surface area contributed by atoms with Crippen molar-refractivity contribution < 1.29 is 9.69 Å². The minimum Gasteiger partial charge on any atom is -0.324 e. The topological polar surface area (TPSA) is 57.3 Å². The summed E-state index contributed by atoms with van der Waals surface area (Å²) in [5.74, 6) is -0.0841. The minimum absolute atomic E-state index is 0.0841. The third-order valence-corrected chi connectivity index (χ3v) is 4.13. The van der Waals surface area contributed by atoms with Gasteiger partial charge in [0.05, 0.1) is 17.6 Å². The van der Waals surface area contributed by atoms with Crippen LogP contribution in [0.4, 0.5) is 5.69 Å². The molecule has 118 valence electrons. The normalized spacial score (nSPS) is 13.0. The molecular weight excluding hydrogens is 310 g/mol. The highest BCUT2D eigenvalue weighted by molar-refractivity contribution is 6.32. The van der Waals surface area contributed by atoms with Gasteiger partial charge >= 0.3 is 0 Å². The fourth-order valence-corrected chi connectivity index (χ4v) is 2.45. The van der Waals surface area contributed by atoms with Gasteiger partial charge in [0.2, 0.25) is 0 Å². The number of likely N-dealkylation sites (N-methyl/N-ethyl adjacent to an activating group) is 1. The van der Waals surface area contributed by atoms with Crippen molar-refractivity contribution in [2.75, 3.05) is 12.4 Å². The van der Waals surface area contributed by atoms with Crippen LogP contribution in [-0.4, -0.2) is 19.0 Å². The van der Waals surface area contributed by atoms with Crippen LogP contribution in [-0.2, 0) is 11.3 Å². The lowest BCUT2D eigenvalue weighted by atomic mass is 10.1. The Balaban J connectivity index is 1.99. The molecule has 0 aliphatic carbocycles. The Hall–Kier alpha value is -2.35. The number of hydrogen-bond acceptors (Lipinski definition) is 2. The van der Waals surface area contributed by atoms with Crippen LogP contribution < -0.4 is 10.2 Å². The predicted molar refractivity (Wildman–Crippen MR) is 91.3 cm³/mol. The molecular formula is C18H19ClN3O+. The van der Waals surface area contributed by atoms with Crippen molar-refractivity contribution in [3.8, 4) is 6.07 Å². The van der Waals surface area contributed by atoms with E-state index < -0.39 is 0 Å². The maximum absolute atomic E-state index is 12.4. The van der Waals surface area contributed by atoms with Gasteiger partial charge in [0.25, 0.3) is 5.91 Å². The predicted octanol–water partition coefficient (Wildman–Crippen LogP) is 2.25. The first kappa shape index (κ1) is 17.0. The van der Waals surface area contributed by atoms with Crippen molar-refractivity contribution in [1.29, 1.82) is 5.26 Å². The summed E-state index contributed by atoms with van der Waals surface area (Å²) in [5.41, 5.74) is 2.17. The van der Waals surface area contributed by atoms with Gasteiger partial charge in [-0.05, 0) is 25.1 Å². The van der Waals surface area contributed by atoms with E-state index in [9.17, 15) is 4.79 Å². The molecule has 0 aliphatic rings. The number of benzene rings is 2. The average molecular weight is 329 g/mol. The molecule has 5 heteroatoms. The molecule has 2 N–H and O–H groups in total. The lowest BCUT2D eigenvalue weighted by Gasteiger charge is -2.21. The molecule has 0 spiro atoms. The minimum atomic E-state index is -0.218. The first-order valence-corrected chi connectivity index (χ1v) is 7.76. The Kier molecular flexibility index (Phi) is 5.75. The summed E-state index contributed by atoms with van der Waals surface area (Å²) < 4.78 is 0. The second-order valence-electron chi connectivity index (χ2n) is 5.53. The Morgan fingerprint density at radius 3 is 2.61 bits per heavy atom. The zero-order valence-electron chi connectivity index (χ0n) is 13.1. The van der Waals surface area contributed by atoms with Crippen LogP contribution in [0.1, 0.15) is 18.1 Å². The zero-order valence-corrected chi connectivity index (χ0v) is 13.9. The highest BCUT2D eigenvalue weighted by atomic mass is 35.5. The van der Waals surface area contributed by atoms with E-state index >= 15 is 0 Å². The standard InChI is InChI=1S/C18H18ClN3O/c1-13(22(2)12-14-6-4-3-5-7-14)18(23)21-16-9-8-15(11-20)17(19)10-16/h3-10,13H,12H2,1-2H3,(H,21,23)/p+1/t13-/m1/s1. The van der Waals surface area contributed by atoms with E-state index in [4.69, 9.17) is 16.9 Å². The van der Waals surface area contributed by atoms with Gasteiger partial charge in [-0.25, -0.2) is 0 Å². The van der Waals surface area contributed by atoms with Crippen molar-refractivity contribution in [1.82, 2.24) is 0 Å². The number of rotatable bonds is 5. The summed E-state index contributed by atoms with van der Waals surface area (Å²) in [5, 5.41) is 12.1. The van der Waals surface area contributed by atoms with E-state index in [-0.39, 0.29) is 11.9 Å². The molecule has 0 saturated heterocycles. The Morgan fingerprint density at radius 1 is 1.30 bits per heavy atom. The number of quaternary nitrogens is 1. The van der Waals surface area contributed by atoms with Gasteiger partial charge in [0, 0.05) is 11.3 Å². The van der Waals surface area contributed by atoms with E-state index in [1.54, 1.807) is 18.2 Å². The second kappa shape index (κ2) is 7.77. The molecule has 2 rings (SSSR count). The van der Waals surface area contributed by atoms with Crippen LogP contribution in [0, 0.1) is 11.3 Å². The van der Waals surface area contributed by atoms with Crippen molar-refractivity contribution in [2.24, 2.45) is 0 Å². The molecule has 0 aromatic heterocycles. The van der Waals surface area contributed by atoms with Crippen molar-refractivity contribution in [3.63, 3.8) is 0 Å². The Labute approximate surface area is 141 Å². The molecule has 0 heterocycles. The van der Waals surface area contributed by atoms with E-state index in [1.807, 2.05) is 38.2 Å². The number of carbonyl (C=O) groups is 1. The van der Waals surface area contributed by atoms with Crippen molar-refractivity contribution in [2.45, 2.75) is 19.5 Å². The monoisotopic (exact) mass is 328 g/mol. The molecule has 0 aliphatic heterocycles. The zero-order chi connectivity index (χ0) is 16.8. The van der Waals surface area contributed by atoms with Crippen LogP contribution >= 0.6 is 11.6 Å². The van der Waals surface area contributed by atoms with Gasteiger partial charge in [-0.3, -0.25) is 4.79 Å². The molecule has 2 atom stereocenters. The van der Waals surface area contributed by atoms with Gasteiger partial charge in [-0.1, -0.05) is 41.9 Å². The molecule has 2 aromatic rings. The largest absolute Gasteiger partial charge is 0.324 e. The second-order valence-corrected chi connectivity index (χ2v) is 5.93. The maximum Gasteiger partial charge on any atom is 0.282 e. The summed E-state index contributed by atoms with van der Waals surface area (Å²) in [6.07, 6.45) is 0. The fourth-order valence-electron chi connectivity index (χ4n) is 2.23. The number of nitriles is 1. The fraction of sp³-hybridized carbons (Fsp3) is 0.222. The quantitative estimate of drug-likeness (QED) is 0.884. The van der Waals surface area contributed by atoms with E-state index in [0.29, 0.717) is 16.3 Å². The molecule has 1 amide bonds. The lowest BCUT2D eigenvalue weighted by Crippen LogP contribution is -3.12. The smallest absolute Gasteiger partial charge is 0.282 e. The first-order chi connectivity index (χ1) is 11.0. The summed E-state index contributed by atoms with van der Waals surface area (Å²) in [4.78, 5) is 13.5. The SMILES string of the molecule is C[C@H](C(=O)Nc1ccc(C#N)c(Cl)c1)[NH+](C)Cc1ccccc1. The van der Waals surface area contributed by atoms with Crippen LogP contribution in [0.15, 0.2) is 48.5 Å². The molecule has 0 radical (unpaired) electrons. The summed E-state index contributed by atoms with van der Waals surface area (Å²) in [6, 6.07) is 16.7. The van der Waals surface area contributed by atoms with E-state index in [1.165, 1.54) is 5.56 Å². The Morgan fingerprint density at radius 2 is 2.00 bits per heavy atom. The molecule has 2 aromatic carbocycles. The van der Waals surface area contributed by atoms with Gasteiger partial charge < -0.3 is 10.2 Å². The average Bonchev–Trinajstić information content (AvgIpc) is 2.55. The van der Waals surface area contributed by atoms with Gasteiger partial charge in [0.1, 0.15) is 12.6 Å². The van der Waals surface area contributed by atoms with Crippen LogP contribution in [0.3, 0.4) is 0 Å². The summed E-state index contributed by atoms with van der Waals surface area (Å²) in [6.45, 7) is 2.66. The van der Waals surface area contributed by atoms with Gasteiger partial charge in [0.15, 0.2) is 6.04 Å². The highest BCUT2D eigenvalue weighted by Gasteiger charge is 2.22. The molecule has 0 saturated carbocycles. The molecule has 0 fully saturated rings. The van der Waals surface area contributed by atoms with Crippen LogP contribution in [0.25, 0.3) is 0 Å². The van der Waals surface area contributed by atoms with E-state index in [0.717, 1.165) is 11.4 Å². The maximum atomic E-state index is 12.4. The number of nitrogens with one attached hydrogen (secondary N) is 2. The number of hydrogen-bond donors (Lipinski definition) is 2. The van der Waals surface area contributed by atoms with Gasteiger partial charge in [-0.2, -0.15) is 5.26 Å². The summed E-state index contributed by atoms with van der Waals surface area (Å²) in [7, 11) is 1.99.